The zero-order valence-corrected chi connectivity index (χ0v) is 13.7. The Kier molecular flexibility index (Phi) is 4.48. The lowest BCUT2D eigenvalue weighted by atomic mass is 10.0. The number of carbonyl (C=O) groups is 1. The lowest BCUT2D eigenvalue weighted by Gasteiger charge is -2.18. The van der Waals surface area contributed by atoms with Crippen LogP contribution in [0.15, 0.2) is 24.3 Å². The molecule has 0 fully saturated rings. The van der Waals surface area contributed by atoms with Gasteiger partial charge < -0.3 is 10.1 Å². The smallest absolute Gasteiger partial charge is 0.283 e. The largest absolute Gasteiger partial charge is 0.493 e. The number of carbonyl (C=O) groups excluding carboxylic acids is 1. The number of ether oxygens (including phenoxy) is 1. The van der Waals surface area contributed by atoms with Crippen molar-refractivity contribution in [3.05, 3.63) is 55.5 Å². The standard InChI is InChI=1S/C16H15FN2O4S/c1-9-13(19(21)22)8-15(24-9)16(20)18-12-3-2-6-23-14-5-4-10(17)7-11(12)14/h4-5,7-8,12H,2-3,6H2,1H3,(H,18,20)/t12-/m1/s1. The minimum atomic E-state index is -0.507. The molecule has 1 aliphatic rings. The van der Waals surface area contributed by atoms with Gasteiger partial charge in [0.1, 0.15) is 11.6 Å². The molecule has 1 amide bonds. The van der Waals surface area contributed by atoms with E-state index in [0.29, 0.717) is 35.6 Å². The third-order valence-electron chi connectivity index (χ3n) is 3.86. The first-order valence-electron chi connectivity index (χ1n) is 7.43. The van der Waals surface area contributed by atoms with Crippen molar-refractivity contribution in [1.29, 1.82) is 0 Å². The summed E-state index contributed by atoms with van der Waals surface area (Å²) in [5.74, 6) is -0.257. The molecule has 1 aromatic carbocycles. The molecule has 1 N–H and O–H groups in total. The normalized spacial score (nSPS) is 16.7. The second-order valence-corrected chi connectivity index (χ2v) is 6.76. The number of fused-ring (bicyclic) bond motifs is 1. The van der Waals surface area contributed by atoms with E-state index in [0.717, 1.165) is 11.3 Å². The maximum atomic E-state index is 13.6. The number of rotatable bonds is 3. The minimum Gasteiger partial charge on any atom is -0.493 e. The molecule has 0 unspecified atom stereocenters. The van der Waals surface area contributed by atoms with Crippen LogP contribution >= 0.6 is 11.3 Å². The third-order valence-corrected chi connectivity index (χ3v) is 4.90. The van der Waals surface area contributed by atoms with Crippen LogP contribution in [0.2, 0.25) is 0 Å². The third kappa shape index (κ3) is 3.23. The molecule has 2 heterocycles. The highest BCUT2D eigenvalue weighted by Gasteiger charge is 2.25. The predicted molar refractivity (Wildman–Crippen MR) is 87.0 cm³/mol. The van der Waals surface area contributed by atoms with Gasteiger partial charge in [-0.25, -0.2) is 4.39 Å². The van der Waals surface area contributed by atoms with Gasteiger partial charge in [0, 0.05) is 11.6 Å². The Morgan fingerprint density at radius 3 is 2.96 bits per heavy atom. The Morgan fingerprint density at radius 2 is 2.25 bits per heavy atom. The van der Waals surface area contributed by atoms with Crippen molar-refractivity contribution in [1.82, 2.24) is 5.32 Å². The van der Waals surface area contributed by atoms with E-state index in [1.165, 1.54) is 18.2 Å². The molecule has 1 aliphatic heterocycles. The van der Waals surface area contributed by atoms with Crippen LogP contribution in [-0.2, 0) is 0 Å². The van der Waals surface area contributed by atoms with Crippen LogP contribution in [0.25, 0.3) is 0 Å². The minimum absolute atomic E-state index is 0.0687. The summed E-state index contributed by atoms with van der Waals surface area (Å²) >= 11 is 1.07. The number of thiophene rings is 1. The molecule has 24 heavy (non-hydrogen) atoms. The van der Waals surface area contributed by atoms with E-state index in [9.17, 15) is 19.3 Å². The summed E-state index contributed by atoms with van der Waals surface area (Å²) in [6.45, 7) is 2.10. The summed E-state index contributed by atoms with van der Waals surface area (Å²) in [7, 11) is 0. The van der Waals surface area contributed by atoms with Gasteiger partial charge in [-0.15, -0.1) is 11.3 Å². The van der Waals surface area contributed by atoms with E-state index in [1.54, 1.807) is 13.0 Å². The molecule has 0 radical (unpaired) electrons. The molecule has 3 rings (SSSR count). The van der Waals surface area contributed by atoms with Gasteiger partial charge in [0.15, 0.2) is 0 Å². The molecule has 126 valence electrons. The molecule has 0 saturated heterocycles. The van der Waals surface area contributed by atoms with E-state index in [4.69, 9.17) is 4.74 Å². The summed E-state index contributed by atoms with van der Waals surface area (Å²) in [5, 5.41) is 13.8. The van der Waals surface area contributed by atoms with E-state index < -0.39 is 22.7 Å². The molecule has 1 aromatic heterocycles. The SMILES string of the molecule is Cc1sc(C(=O)N[C@@H]2CCCOc3ccc(F)cc32)cc1[N+](=O)[O-]. The van der Waals surface area contributed by atoms with Crippen LogP contribution in [0.4, 0.5) is 10.1 Å². The van der Waals surface area contributed by atoms with Gasteiger partial charge in [0.05, 0.1) is 27.3 Å². The number of nitrogens with zero attached hydrogens (tertiary/aromatic N) is 1. The summed E-state index contributed by atoms with van der Waals surface area (Å²) in [6, 6.07) is 5.10. The van der Waals surface area contributed by atoms with Gasteiger partial charge in [-0.2, -0.15) is 0 Å². The second-order valence-electron chi connectivity index (χ2n) is 5.51. The highest BCUT2D eigenvalue weighted by atomic mass is 32.1. The van der Waals surface area contributed by atoms with E-state index in [2.05, 4.69) is 5.32 Å². The van der Waals surface area contributed by atoms with Crippen LogP contribution < -0.4 is 10.1 Å². The van der Waals surface area contributed by atoms with Gasteiger partial charge in [0.25, 0.3) is 11.6 Å². The maximum Gasteiger partial charge on any atom is 0.283 e. The highest BCUT2D eigenvalue weighted by Crippen LogP contribution is 2.33. The Morgan fingerprint density at radius 1 is 1.46 bits per heavy atom. The quantitative estimate of drug-likeness (QED) is 0.675. The van der Waals surface area contributed by atoms with Crippen molar-refractivity contribution in [2.24, 2.45) is 0 Å². The van der Waals surface area contributed by atoms with Crippen molar-refractivity contribution in [3.8, 4) is 5.75 Å². The molecule has 0 saturated carbocycles. The van der Waals surface area contributed by atoms with Crippen LogP contribution in [0, 0.1) is 22.9 Å². The lowest BCUT2D eigenvalue weighted by Crippen LogP contribution is -2.27. The summed E-state index contributed by atoms with van der Waals surface area (Å²) in [5.41, 5.74) is 0.518. The Hall–Kier alpha value is -2.48. The van der Waals surface area contributed by atoms with E-state index in [-0.39, 0.29) is 10.6 Å². The van der Waals surface area contributed by atoms with Gasteiger partial charge >= 0.3 is 0 Å². The predicted octanol–water partition coefficient (Wildman–Crippen LogP) is 3.75. The zero-order chi connectivity index (χ0) is 17.3. The Bertz CT molecular complexity index is 805. The molecule has 1 atom stereocenters. The molecule has 0 spiro atoms. The van der Waals surface area contributed by atoms with Crippen molar-refractivity contribution >= 4 is 22.9 Å². The van der Waals surface area contributed by atoms with Gasteiger partial charge in [-0.05, 0) is 38.0 Å². The number of aryl methyl sites for hydroxylation is 1. The first kappa shape index (κ1) is 16.4. The summed E-state index contributed by atoms with van der Waals surface area (Å²) < 4.78 is 19.1. The number of hydrogen-bond donors (Lipinski definition) is 1. The first-order chi connectivity index (χ1) is 11.5. The van der Waals surface area contributed by atoms with Crippen molar-refractivity contribution < 1.29 is 18.8 Å². The van der Waals surface area contributed by atoms with Crippen LogP contribution in [-0.4, -0.2) is 17.4 Å². The van der Waals surface area contributed by atoms with Crippen LogP contribution in [0.3, 0.4) is 0 Å². The molecule has 8 heteroatoms. The van der Waals surface area contributed by atoms with E-state index in [1.807, 2.05) is 0 Å². The molecule has 6 nitrogen and oxygen atoms in total. The number of amides is 1. The fourth-order valence-corrected chi connectivity index (χ4v) is 3.58. The zero-order valence-electron chi connectivity index (χ0n) is 12.9. The molecule has 2 aromatic rings. The number of benzene rings is 1. The highest BCUT2D eigenvalue weighted by molar-refractivity contribution is 7.14. The number of hydrogen-bond acceptors (Lipinski definition) is 5. The first-order valence-corrected chi connectivity index (χ1v) is 8.25. The number of nitrogens with one attached hydrogen (secondary N) is 1. The molecular formula is C16H15FN2O4S. The maximum absolute atomic E-state index is 13.6. The van der Waals surface area contributed by atoms with Crippen molar-refractivity contribution in [2.75, 3.05) is 6.61 Å². The van der Waals surface area contributed by atoms with Gasteiger partial charge in [-0.1, -0.05) is 0 Å². The molecular weight excluding hydrogens is 335 g/mol. The fraction of sp³-hybridized carbons (Fsp3) is 0.312. The second kappa shape index (κ2) is 6.56. The van der Waals surface area contributed by atoms with Crippen LogP contribution in [0.1, 0.15) is 39.0 Å². The lowest BCUT2D eigenvalue weighted by molar-refractivity contribution is -0.385. The fourth-order valence-electron chi connectivity index (χ4n) is 2.69. The van der Waals surface area contributed by atoms with Crippen LogP contribution in [0.5, 0.6) is 5.75 Å². The average molecular weight is 350 g/mol. The average Bonchev–Trinajstić information content (AvgIpc) is 2.83. The number of nitro groups is 1. The van der Waals surface area contributed by atoms with Gasteiger partial charge in [0.2, 0.25) is 0 Å². The van der Waals surface area contributed by atoms with E-state index >= 15 is 0 Å². The summed E-state index contributed by atoms with van der Waals surface area (Å²) in [6.07, 6.45) is 1.32. The summed E-state index contributed by atoms with van der Waals surface area (Å²) in [4.78, 5) is 23.6. The van der Waals surface area contributed by atoms with Crippen molar-refractivity contribution in [2.45, 2.75) is 25.8 Å². The molecule has 0 bridgehead atoms. The Labute approximate surface area is 141 Å². The van der Waals surface area contributed by atoms with Crippen molar-refractivity contribution in [3.63, 3.8) is 0 Å². The topological polar surface area (TPSA) is 81.5 Å². The number of halogens is 1. The van der Waals surface area contributed by atoms with Gasteiger partial charge in [-0.3, -0.25) is 14.9 Å². The molecule has 0 aliphatic carbocycles. The monoisotopic (exact) mass is 350 g/mol. The Balaban J connectivity index is 1.85.